The molecule has 1 saturated heterocycles. The summed E-state index contributed by atoms with van der Waals surface area (Å²) < 4.78 is 60.4. The molecule has 1 fully saturated rings. The van der Waals surface area contributed by atoms with Crippen LogP contribution in [0.2, 0.25) is 0 Å². The minimum atomic E-state index is -4.72. The zero-order chi connectivity index (χ0) is 15.0. The fourth-order valence-corrected chi connectivity index (χ4v) is 3.51. The van der Waals surface area contributed by atoms with E-state index in [0.29, 0.717) is 6.42 Å². The van der Waals surface area contributed by atoms with Gasteiger partial charge in [-0.25, -0.2) is 24.2 Å². The van der Waals surface area contributed by atoms with Crippen molar-refractivity contribution in [1.82, 2.24) is 9.97 Å². The van der Waals surface area contributed by atoms with Crippen LogP contribution in [0, 0.1) is 0 Å². The molecule has 0 radical (unpaired) electrons. The van der Waals surface area contributed by atoms with Crippen LogP contribution < -0.4 is 16.6 Å². The largest absolute Gasteiger partial charge is 0.451 e. The van der Waals surface area contributed by atoms with Crippen LogP contribution in [0.4, 0.5) is 24.8 Å². The number of sulfone groups is 1. The van der Waals surface area contributed by atoms with Gasteiger partial charge in [0.2, 0.25) is 5.82 Å². The van der Waals surface area contributed by atoms with Gasteiger partial charge in [-0.3, -0.25) is 0 Å². The Morgan fingerprint density at radius 3 is 2.45 bits per heavy atom. The summed E-state index contributed by atoms with van der Waals surface area (Å²) in [5.41, 5.74) is 2.01. The summed E-state index contributed by atoms with van der Waals surface area (Å²) >= 11 is 0. The first kappa shape index (κ1) is 14.8. The highest BCUT2D eigenvalue weighted by molar-refractivity contribution is 7.91. The third-order valence-electron chi connectivity index (χ3n) is 2.71. The van der Waals surface area contributed by atoms with Crippen LogP contribution >= 0.6 is 0 Å². The highest BCUT2D eigenvalue weighted by atomic mass is 32.2. The van der Waals surface area contributed by atoms with E-state index in [1.807, 2.05) is 5.43 Å². The second kappa shape index (κ2) is 5.05. The van der Waals surface area contributed by atoms with E-state index in [4.69, 9.17) is 5.84 Å². The summed E-state index contributed by atoms with van der Waals surface area (Å²) in [7, 11) is -3.14. The summed E-state index contributed by atoms with van der Waals surface area (Å²) in [4.78, 5) is 6.52. The van der Waals surface area contributed by atoms with Gasteiger partial charge in [0, 0.05) is 12.1 Å². The summed E-state index contributed by atoms with van der Waals surface area (Å²) in [6.45, 7) is 0. The predicted molar refractivity (Wildman–Crippen MR) is 65.5 cm³/mol. The lowest BCUT2D eigenvalue weighted by molar-refractivity contribution is -0.144. The van der Waals surface area contributed by atoms with Crippen LogP contribution in [0.1, 0.15) is 12.2 Å². The van der Waals surface area contributed by atoms with E-state index < -0.39 is 27.9 Å². The Morgan fingerprint density at radius 2 is 1.95 bits per heavy atom. The third kappa shape index (κ3) is 3.48. The lowest BCUT2D eigenvalue weighted by atomic mass is 10.2. The fraction of sp³-hybridized carbons (Fsp3) is 0.556. The first-order valence-electron chi connectivity index (χ1n) is 5.59. The number of aromatic nitrogens is 2. The number of halogens is 3. The molecular formula is C9H12F3N5O2S. The molecular weight excluding hydrogens is 299 g/mol. The Hall–Kier alpha value is -1.62. The van der Waals surface area contributed by atoms with E-state index in [0.717, 1.165) is 0 Å². The number of hydrazine groups is 1. The number of hydrogen-bond donors (Lipinski definition) is 3. The zero-order valence-corrected chi connectivity index (χ0v) is 10.9. The molecule has 2 heterocycles. The molecule has 0 saturated carbocycles. The molecule has 0 amide bonds. The fourth-order valence-electron chi connectivity index (χ4n) is 1.84. The second-order valence-corrected chi connectivity index (χ2v) is 6.58. The van der Waals surface area contributed by atoms with E-state index >= 15 is 0 Å². The number of rotatable bonds is 3. The first-order valence-corrected chi connectivity index (χ1v) is 7.41. The van der Waals surface area contributed by atoms with E-state index in [2.05, 4.69) is 15.3 Å². The minimum Gasteiger partial charge on any atom is -0.366 e. The van der Waals surface area contributed by atoms with E-state index in [1.165, 1.54) is 6.07 Å². The average molecular weight is 311 g/mol. The molecule has 2 rings (SSSR count). The molecule has 11 heteroatoms. The molecule has 112 valence electrons. The molecule has 0 aromatic carbocycles. The second-order valence-electron chi connectivity index (χ2n) is 4.35. The van der Waals surface area contributed by atoms with Gasteiger partial charge in [-0.15, -0.1) is 0 Å². The van der Waals surface area contributed by atoms with Crippen molar-refractivity contribution >= 4 is 21.5 Å². The summed E-state index contributed by atoms with van der Waals surface area (Å²) in [5, 5.41) is 2.66. The monoisotopic (exact) mass is 311 g/mol. The van der Waals surface area contributed by atoms with Crippen molar-refractivity contribution in [1.29, 1.82) is 0 Å². The van der Waals surface area contributed by atoms with Crippen molar-refractivity contribution in [3.63, 3.8) is 0 Å². The molecule has 1 aliphatic rings. The lowest BCUT2D eigenvalue weighted by Crippen LogP contribution is -2.23. The van der Waals surface area contributed by atoms with Crippen LogP contribution in [0.3, 0.4) is 0 Å². The molecule has 7 nitrogen and oxygen atoms in total. The lowest BCUT2D eigenvalue weighted by Gasteiger charge is -2.14. The standard InChI is InChI=1S/C9H12F3N5O2S/c10-9(11,12)8-15-6(3-7(16-8)17-13)14-5-1-2-20(18,19)4-5/h3,5H,1-2,4,13H2,(H2,14,15,16,17). The normalized spacial score (nSPS) is 21.7. The van der Waals surface area contributed by atoms with Gasteiger partial charge in [-0.1, -0.05) is 0 Å². The topological polar surface area (TPSA) is 110 Å². The van der Waals surface area contributed by atoms with Gasteiger partial charge in [0.25, 0.3) is 0 Å². The Morgan fingerprint density at radius 1 is 1.30 bits per heavy atom. The molecule has 1 aromatic rings. The number of nitrogens with zero attached hydrogens (tertiary/aromatic N) is 2. The van der Waals surface area contributed by atoms with Crippen molar-refractivity contribution in [2.45, 2.75) is 18.6 Å². The summed E-state index contributed by atoms with van der Waals surface area (Å²) in [5.74, 6) is 3.23. The molecule has 1 aliphatic heterocycles. The minimum absolute atomic E-state index is 0.00384. The molecule has 20 heavy (non-hydrogen) atoms. The molecule has 1 atom stereocenters. The number of nitrogen functional groups attached to an aromatic ring is 1. The third-order valence-corrected chi connectivity index (χ3v) is 4.48. The van der Waals surface area contributed by atoms with Gasteiger partial charge in [0.15, 0.2) is 9.84 Å². The van der Waals surface area contributed by atoms with Crippen LogP contribution in [0.15, 0.2) is 6.07 Å². The first-order chi connectivity index (χ1) is 9.19. The van der Waals surface area contributed by atoms with Crippen molar-refractivity contribution in [2.24, 2.45) is 5.84 Å². The maximum Gasteiger partial charge on any atom is 0.451 e. The Balaban J connectivity index is 2.23. The quantitative estimate of drug-likeness (QED) is 0.547. The van der Waals surface area contributed by atoms with E-state index in [9.17, 15) is 21.6 Å². The predicted octanol–water partition coefficient (Wildman–Crippen LogP) is 0.380. The van der Waals surface area contributed by atoms with E-state index in [-0.39, 0.29) is 23.1 Å². The molecule has 0 bridgehead atoms. The molecule has 1 aromatic heterocycles. The summed E-state index contributed by atoms with van der Waals surface area (Å²) in [6.07, 6.45) is -4.40. The number of alkyl halides is 3. The van der Waals surface area contributed by atoms with E-state index in [1.54, 1.807) is 0 Å². The van der Waals surface area contributed by atoms with Crippen molar-refractivity contribution < 1.29 is 21.6 Å². The van der Waals surface area contributed by atoms with Gasteiger partial charge in [-0.2, -0.15) is 13.2 Å². The SMILES string of the molecule is NNc1cc(NC2CCS(=O)(=O)C2)nc(C(F)(F)F)n1. The van der Waals surface area contributed by atoms with Crippen LogP contribution in [0.25, 0.3) is 0 Å². The van der Waals surface area contributed by atoms with Gasteiger partial charge < -0.3 is 10.7 Å². The number of nitrogens with two attached hydrogens (primary N) is 1. The van der Waals surface area contributed by atoms with Gasteiger partial charge in [0.05, 0.1) is 11.5 Å². The van der Waals surface area contributed by atoms with Crippen molar-refractivity contribution in [3.05, 3.63) is 11.9 Å². The van der Waals surface area contributed by atoms with Crippen molar-refractivity contribution in [3.8, 4) is 0 Å². The maximum absolute atomic E-state index is 12.6. The average Bonchev–Trinajstić information content (AvgIpc) is 2.67. The molecule has 4 N–H and O–H groups in total. The van der Waals surface area contributed by atoms with Crippen LogP contribution in [0.5, 0.6) is 0 Å². The van der Waals surface area contributed by atoms with Gasteiger partial charge >= 0.3 is 6.18 Å². The molecule has 1 unspecified atom stereocenters. The Kier molecular flexibility index (Phi) is 3.73. The smallest absolute Gasteiger partial charge is 0.366 e. The molecule has 0 aliphatic carbocycles. The maximum atomic E-state index is 12.6. The van der Waals surface area contributed by atoms with Gasteiger partial charge in [0.1, 0.15) is 11.6 Å². The highest BCUT2D eigenvalue weighted by Crippen LogP contribution is 2.28. The van der Waals surface area contributed by atoms with Crippen LogP contribution in [-0.4, -0.2) is 35.9 Å². The Bertz CT molecular complexity index is 604. The number of nitrogens with one attached hydrogen (secondary N) is 2. The van der Waals surface area contributed by atoms with Crippen LogP contribution in [-0.2, 0) is 16.0 Å². The van der Waals surface area contributed by atoms with Gasteiger partial charge in [-0.05, 0) is 6.42 Å². The Labute approximate surface area is 112 Å². The zero-order valence-electron chi connectivity index (χ0n) is 10.1. The number of anilines is 2. The van der Waals surface area contributed by atoms with Crippen molar-refractivity contribution in [2.75, 3.05) is 22.2 Å². The molecule has 0 spiro atoms. The summed E-state index contributed by atoms with van der Waals surface area (Å²) in [6, 6.07) is 0.710. The number of hydrogen-bond acceptors (Lipinski definition) is 7. The highest BCUT2D eigenvalue weighted by Gasteiger charge is 2.36.